The van der Waals surface area contributed by atoms with Crippen LogP contribution < -0.4 is 5.32 Å². The van der Waals surface area contributed by atoms with Crippen molar-refractivity contribution in [3.05, 3.63) is 29.6 Å². The lowest BCUT2D eigenvalue weighted by Gasteiger charge is -2.25. The van der Waals surface area contributed by atoms with Gasteiger partial charge in [0.2, 0.25) is 15.9 Å². The second-order valence-corrected chi connectivity index (χ2v) is 8.09. The number of anilines is 1. The maximum absolute atomic E-state index is 13.5. The van der Waals surface area contributed by atoms with E-state index in [1.54, 1.807) is 0 Å². The van der Waals surface area contributed by atoms with E-state index in [0.717, 1.165) is 31.4 Å². The van der Waals surface area contributed by atoms with Crippen LogP contribution in [0.3, 0.4) is 0 Å². The normalized spacial score (nSPS) is 16.0. The van der Waals surface area contributed by atoms with Gasteiger partial charge >= 0.3 is 0 Å². The van der Waals surface area contributed by atoms with Crippen LogP contribution in [-0.4, -0.2) is 37.5 Å². The summed E-state index contributed by atoms with van der Waals surface area (Å²) in [6, 6.07) is 1.66. The number of hydrogen-bond donors (Lipinski definition) is 1. The first-order chi connectivity index (χ1) is 11.8. The number of nitrogens with zero attached hydrogens (tertiary/aromatic N) is 1. The van der Waals surface area contributed by atoms with Gasteiger partial charge in [0, 0.05) is 19.5 Å². The summed E-state index contributed by atoms with van der Waals surface area (Å²) in [6.45, 7) is 1.08. The number of amides is 1. The maximum Gasteiger partial charge on any atom is 0.224 e. The van der Waals surface area contributed by atoms with Gasteiger partial charge in [-0.1, -0.05) is 6.42 Å². The van der Waals surface area contributed by atoms with Crippen molar-refractivity contribution >= 4 is 21.6 Å². The third-order valence-electron chi connectivity index (χ3n) is 4.07. The molecule has 0 radical (unpaired) electrons. The van der Waals surface area contributed by atoms with Gasteiger partial charge in [0.15, 0.2) is 17.5 Å². The van der Waals surface area contributed by atoms with Crippen LogP contribution in [0.1, 0.15) is 38.5 Å². The number of sulfonamides is 1. The highest BCUT2D eigenvalue weighted by Gasteiger charge is 2.23. The summed E-state index contributed by atoms with van der Waals surface area (Å²) in [7, 11) is -3.31. The van der Waals surface area contributed by atoms with E-state index in [9.17, 15) is 26.4 Å². The maximum atomic E-state index is 13.5. The van der Waals surface area contributed by atoms with Crippen molar-refractivity contribution < 1.29 is 26.4 Å². The summed E-state index contributed by atoms with van der Waals surface area (Å²) in [4.78, 5) is 11.7. The molecule has 1 aliphatic heterocycles. The van der Waals surface area contributed by atoms with Crippen LogP contribution in [0.5, 0.6) is 0 Å². The zero-order valence-electron chi connectivity index (χ0n) is 13.7. The molecular formula is C16H21F3N2O3S. The lowest BCUT2D eigenvalue weighted by molar-refractivity contribution is -0.116. The Bertz CT molecular complexity index is 720. The van der Waals surface area contributed by atoms with E-state index >= 15 is 0 Å². The molecule has 25 heavy (non-hydrogen) atoms. The zero-order chi connectivity index (χ0) is 18.4. The Hall–Kier alpha value is -1.61. The van der Waals surface area contributed by atoms with Gasteiger partial charge in [0.25, 0.3) is 0 Å². The van der Waals surface area contributed by atoms with E-state index in [1.165, 1.54) is 4.31 Å². The molecule has 1 fully saturated rings. The fraction of sp³-hybridized carbons (Fsp3) is 0.562. The Morgan fingerprint density at radius 2 is 1.72 bits per heavy atom. The molecule has 1 aromatic rings. The summed E-state index contributed by atoms with van der Waals surface area (Å²) in [5.74, 6) is -5.06. The average Bonchev–Trinajstić information content (AvgIpc) is 2.60. The Morgan fingerprint density at radius 1 is 1.04 bits per heavy atom. The van der Waals surface area contributed by atoms with E-state index < -0.39 is 39.1 Å². The molecule has 1 saturated heterocycles. The SMILES string of the molecule is O=C(CCCCS(=O)(=O)N1CCCCC1)Nc1ccc(F)c(F)c1F. The van der Waals surface area contributed by atoms with Gasteiger partial charge in [-0.3, -0.25) is 4.79 Å². The molecule has 2 rings (SSSR count). The third kappa shape index (κ3) is 5.43. The molecular weight excluding hydrogens is 357 g/mol. The molecule has 0 spiro atoms. The Kier molecular flexibility index (Phi) is 6.83. The monoisotopic (exact) mass is 378 g/mol. The van der Waals surface area contributed by atoms with E-state index in [1.807, 2.05) is 0 Å². The summed E-state index contributed by atoms with van der Waals surface area (Å²) >= 11 is 0. The van der Waals surface area contributed by atoms with Gasteiger partial charge in [-0.25, -0.2) is 25.9 Å². The highest BCUT2D eigenvalue weighted by atomic mass is 32.2. The molecule has 0 aromatic heterocycles. The standard InChI is InChI=1S/C16H21F3N2O3S/c17-12-7-8-13(16(19)15(12)18)20-14(22)6-2-5-11-25(23,24)21-9-3-1-4-10-21/h7-8H,1-6,9-11H2,(H,20,22). The Labute approximate surface area is 145 Å². The smallest absolute Gasteiger partial charge is 0.224 e. The number of rotatable bonds is 7. The van der Waals surface area contributed by atoms with Crippen molar-refractivity contribution in [2.75, 3.05) is 24.2 Å². The van der Waals surface area contributed by atoms with Crippen LogP contribution >= 0.6 is 0 Å². The number of hydrogen-bond acceptors (Lipinski definition) is 3. The van der Waals surface area contributed by atoms with Gasteiger partial charge in [0.1, 0.15) is 0 Å². The highest BCUT2D eigenvalue weighted by molar-refractivity contribution is 7.89. The Balaban J connectivity index is 1.76. The number of halogens is 3. The van der Waals surface area contributed by atoms with Crippen molar-refractivity contribution in [1.82, 2.24) is 4.31 Å². The van der Waals surface area contributed by atoms with Gasteiger partial charge < -0.3 is 5.32 Å². The summed E-state index contributed by atoms with van der Waals surface area (Å²) in [5.41, 5.74) is -0.440. The van der Waals surface area contributed by atoms with Crippen molar-refractivity contribution in [3.8, 4) is 0 Å². The van der Waals surface area contributed by atoms with Gasteiger partial charge in [-0.05, 0) is 37.8 Å². The molecule has 0 unspecified atom stereocenters. The fourth-order valence-electron chi connectivity index (χ4n) is 2.68. The van der Waals surface area contributed by atoms with Crippen LogP contribution in [0.25, 0.3) is 0 Å². The number of carbonyl (C=O) groups excluding carboxylic acids is 1. The van der Waals surface area contributed by atoms with Crippen LogP contribution in [0, 0.1) is 17.5 Å². The first kappa shape index (κ1) is 19.7. The van der Waals surface area contributed by atoms with Crippen LogP contribution in [0.4, 0.5) is 18.9 Å². The lowest BCUT2D eigenvalue weighted by atomic mass is 10.2. The molecule has 1 aliphatic rings. The molecule has 5 nitrogen and oxygen atoms in total. The first-order valence-corrected chi connectivity index (χ1v) is 9.83. The second kappa shape index (κ2) is 8.66. The van der Waals surface area contributed by atoms with Crippen molar-refractivity contribution in [3.63, 3.8) is 0 Å². The second-order valence-electron chi connectivity index (χ2n) is 6.00. The first-order valence-electron chi connectivity index (χ1n) is 8.22. The molecule has 0 bridgehead atoms. The van der Waals surface area contributed by atoms with Gasteiger partial charge in [-0.2, -0.15) is 0 Å². The van der Waals surface area contributed by atoms with Crippen molar-refractivity contribution in [2.24, 2.45) is 0 Å². The van der Waals surface area contributed by atoms with Crippen molar-refractivity contribution in [1.29, 1.82) is 0 Å². The average molecular weight is 378 g/mol. The number of unbranched alkanes of at least 4 members (excludes halogenated alkanes) is 1. The predicted octanol–water partition coefficient (Wildman–Crippen LogP) is 3.03. The van der Waals surface area contributed by atoms with E-state index in [-0.39, 0.29) is 12.2 Å². The minimum Gasteiger partial charge on any atom is -0.324 e. The van der Waals surface area contributed by atoms with Crippen molar-refractivity contribution in [2.45, 2.75) is 38.5 Å². The fourth-order valence-corrected chi connectivity index (χ4v) is 4.32. The lowest BCUT2D eigenvalue weighted by Crippen LogP contribution is -2.37. The molecule has 1 amide bonds. The minimum atomic E-state index is -3.31. The zero-order valence-corrected chi connectivity index (χ0v) is 14.5. The summed E-state index contributed by atoms with van der Waals surface area (Å²) in [5, 5.41) is 2.16. The third-order valence-corrected chi connectivity index (χ3v) is 6.03. The predicted molar refractivity (Wildman–Crippen MR) is 88.0 cm³/mol. The summed E-state index contributed by atoms with van der Waals surface area (Å²) in [6.07, 6.45) is 3.32. The van der Waals surface area contributed by atoms with E-state index in [2.05, 4.69) is 5.32 Å². The molecule has 1 heterocycles. The molecule has 1 N–H and O–H groups in total. The summed E-state index contributed by atoms with van der Waals surface area (Å²) < 4.78 is 65.1. The Morgan fingerprint density at radius 3 is 2.40 bits per heavy atom. The van der Waals surface area contributed by atoms with E-state index in [4.69, 9.17) is 0 Å². The molecule has 0 atom stereocenters. The highest BCUT2D eigenvalue weighted by Crippen LogP contribution is 2.20. The number of carbonyl (C=O) groups is 1. The van der Waals surface area contributed by atoms with Crippen LogP contribution in [0.2, 0.25) is 0 Å². The molecule has 9 heteroatoms. The number of benzene rings is 1. The van der Waals surface area contributed by atoms with Crippen LogP contribution in [-0.2, 0) is 14.8 Å². The van der Waals surface area contributed by atoms with E-state index in [0.29, 0.717) is 25.9 Å². The minimum absolute atomic E-state index is 0.0338. The molecule has 0 aliphatic carbocycles. The molecule has 1 aromatic carbocycles. The quantitative estimate of drug-likeness (QED) is 0.586. The number of nitrogens with one attached hydrogen (secondary N) is 1. The largest absolute Gasteiger partial charge is 0.324 e. The number of piperidine rings is 1. The topological polar surface area (TPSA) is 66.5 Å². The molecule has 140 valence electrons. The van der Waals surface area contributed by atoms with Gasteiger partial charge in [0.05, 0.1) is 11.4 Å². The van der Waals surface area contributed by atoms with Gasteiger partial charge in [-0.15, -0.1) is 0 Å². The molecule has 0 saturated carbocycles. The van der Waals surface area contributed by atoms with Crippen LogP contribution in [0.15, 0.2) is 12.1 Å².